The summed E-state index contributed by atoms with van der Waals surface area (Å²) in [6, 6.07) is 28.3. The number of halogens is 1. The van der Waals surface area contributed by atoms with Crippen molar-refractivity contribution in [1.29, 1.82) is 0 Å². The number of hydrogen-bond acceptors (Lipinski definition) is 3. The van der Waals surface area contributed by atoms with Crippen LogP contribution in [0.4, 0.5) is 0 Å². The minimum atomic E-state index is -0.0810. The summed E-state index contributed by atoms with van der Waals surface area (Å²) in [6.45, 7) is 0. The third-order valence-corrected chi connectivity index (χ3v) is 5.29. The van der Waals surface area contributed by atoms with Gasteiger partial charge in [-0.15, -0.1) is 0 Å². The molecule has 2 atom stereocenters. The van der Waals surface area contributed by atoms with Gasteiger partial charge < -0.3 is 9.15 Å². The molecule has 0 radical (unpaired) electrons. The fourth-order valence-corrected chi connectivity index (χ4v) is 3.60. The van der Waals surface area contributed by atoms with Crippen molar-refractivity contribution in [3.05, 3.63) is 117 Å². The van der Waals surface area contributed by atoms with Crippen LogP contribution in [0.2, 0.25) is 5.02 Å². The maximum Gasteiger partial charge on any atom is 0.186 e. The van der Waals surface area contributed by atoms with Gasteiger partial charge in [0.05, 0.1) is 0 Å². The average molecular weight is 401 g/mol. The normalized spacial score (nSPS) is 17.8. The molecule has 1 saturated heterocycles. The number of hydrogen-bond donors (Lipinski definition) is 0. The molecule has 0 unspecified atom stereocenters. The van der Waals surface area contributed by atoms with E-state index in [1.54, 1.807) is 0 Å². The summed E-state index contributed by atoms with van der Waals surface area (Å²) in [5.41, 5.74) is 3.86. The molecule has 2 heterocycles. The van der Waals surface area contributed by atoms with Gasteiger partial charge >= 0.3 is 0 Å². The summed E-state index contributed by atoms with van der Waals surface area (Å²) in [6.07, 6.45) is 0.0883. The Labute approximate surface area is 173 Å². The van der Waals surface area contributed by atoms with Crippen molar-refractivity contribution in [2.45, 2.75) is 12.2 Å². The Morgan fingerprint density at radius 3 is 1.76 bits per heavy atom. The van der Waals surface area contributed by atoms with Crippen LogP contribution in [0.3, 0.4) is 0 Å². The predicted molar refractivity (Wildman–Crippen MR) is 114 cm³/mol. The first-order valence-electron chi connectivity index (χ1n) is 9.39. The third kappa shape index (κ3) is 3.75. The predicted octanol–water partition coefficient (Wildman–Crippen LogP) is 6.44. The molecule has 3 nitrogen and oxygen atoms in total. The van der Waals surface area contributed by atoms with Crippen LogP contribution in [-0.2, 0) is 4.74 Å². The lowest BCUT2D eigenvalue weighted by atomic mass is 10.0. The van der Waals surface area contributed by atoms with Crippen LogP contribution in [0, 0.1) is 0 Å². The van der Waals surface area contributed by atoms with Gasteiger partial charge in [-0.05, 0) is 23.3 Å². The molecule has 0 saturated carbocycles. The van der Waals surface area contributed by atoms with Gasteiger partial charge in [0.15, 0.2) is 5.43 Å². The van der Waals surface area contributed by atoms with Crippen molar-refractivity contribution in [2.75, 3.05) is 0 Å². The second kappa shape index (κ2) is 7.36. The third-order valence-electron chi connectivity index (χ3n) is 5.04. The summed E-state index contributed by atoms with van der Waals surface area (Å²) in [5.74, 6) is 1.11. The van der Waals surface area contributed by atoms with E-state index in [-0.39, 0.29) is 17.6 Å². The minimum Gasteiger partial charge on any atom is -0.456 e. The van der Waals surface area contributed by atoms with Gasteiger partial charge in [0, 0.05) is 28.3 Å². The second-order valence-corrected chi connectivity index (χ2v) is 7.47. The first-order chi connectivity index (χ1) is 14.2. The Kier molecular flexibility index (Phi) is 4.55. The van der Waals surface area contributed by atoms with E-state index in [0.29, 0.717) is 11.5 Å². The summed E-state index contributed by atoms with van der Waals surface area (Å²) in [5, 5.41) is 0.717. The van der Waals surface area contributed by atoms with E-state index in [0.717, 1.165) is 27.3 Å². The van der Waals surface area contributed by atoms with Gasteiger partial charge in [0.1, 0.15) is 23.7 Å². The largest absolute Gasteiger partial charge is 0.456 e. The Morgan fingerprint density at radius 1 is 0.655 bits per heavy atom. The van der Waals surface area contributed by atoms with Gasteiger partial charge in [-0.1, -0.05) is 78.3 Å². The van der Waals surface area contributed by atoms with E-state index in [4.69, 9.17) is 20.8 Å². The van der Waals surface area contributed by atoms with Crippen LogP contribution in [0.5, 0.6) is 0 Å². The fraction of sp³-hybridized carbons (Fsp3) is 0.0800. The first kappa shape index (κ1) is 17.9. The molecule has 0 N–H and O–H groups in total. The quantitative estimate of drug-likeness (QED) is 0.370. The summed E-state index contributed by atoms with van der Waals surface area (Å²) in [4.78, 5) is 12.2. The molecule has 1 aliphatic heterocycles. The van der Waals surface area contributed by atoms with E-state index in [9.17, 15) is 4.79 Å². The summed E-state index contributed by atoms with van der Waals surface area (Å²) in [7, 11) is 0. The Balaban J connectivity index is 1.39. The smallest absolute Gasteiger partial charge is 0.186 e. The highest BCUT2D eigenvalue weighted by Gasteiger charge is 2.41. The summed E-state index contributed by atoms with van der Waals surface area (Å²) < 4.78 is 11.9. The molecule has 5 rings (SSSR count). The molecule has 4 heteroatoms. The van der Waals surface area contributed by atoms with E-state index in [1.807, 2.05) is 78.9 Å². The highest BCUT2D eigenvalue weighted by atomic mass is 35.5. The van der Waals surface area contributed by atoms with Crippen molar-refractivity contribution in [3.8, 4) is 22.6 Å². The molecular formula is C25H17ClO3. The number of epoxide rings is 1. The van der Waals surface area contributed by atoms with E-state index < -0.39 is 0 Å². The Hall–Kier alpha value is -3.14. The second-order valence-electron chi connectivity index (χ2n) is 7.04. The Morgan fingerprint density at radius 2 is 1.17 bits per heavy atom. The van der Waals surface area contributed by atoms with Crippen LogP contribution < -0.4 is 5.43 Å². The monoisotopic (exact) mass is 400 g/mol. The molecular weight excluding hydrogens is 384 g/mol. The number of rotatable bonds is 4. The van der Waals surface area contributed by atoms with Crippen molar-refractivity contribution in [1.82, 2.24) is 0 Å². The first-order valence-corrected chi connectivity index (χ1v) is 9.77. The van der Waals surface area contributed by atoms with Crippen LogP contribution in [0.25, 0.3) is 22.6 Å². The van der Waals surface area contributed by atoms with Crippen molar-refractivity contribution >= 4 is 11.6 Å². The topological polar surface area (TPSA) is 42.7 Å². The van der Waals surface area contributed by atoms with E-state index in [1.165, 1.54) is 12.1 Å². The van der Waals surface area contributed by atoms with Crippen molar-refractivity contribution in [3.63, 3.8) is 0 Å². The molecule has 1 aliphatic rings. The maximum absolute atomic E-state index is 12.2. The number of ether oxygens (including phenoxy) is 1. The Bertz CT molecular complexity index is 1200. The lowest BCUT2D eigenvalue weighted by Gasteiger charge is -2.06. The van der Waals surface area contributed by atoms with Crippen LogP contribution in [0.1, 0.15) is 23.3 Å². The van der Waals surface area contributed by atoms with Gasteiger partial charge in [-0.25, -0.2) is 0 Å². The highest BCUT2D eigenvalue weighted by molar-refractivity contribution is 6.30. The minimum absolute atomic E-state index is 0.0351. The zero-order valence-electron chi connectivity index (χ0n) is 15.4. The number of benzene rings is 3. The molecule has 29 heavy (non-hydrogen) atoms. The van der Waals surface area contributed by atoms with Gasteiger partial charge in [0.25, 0.3) is 0 Å². The molecule has 0 aliphatic carbocycles. The lowest BCUT2D eigenvalue weighted by Crippen LogP contribution is -1.98. The van der Waals surface area contributed by atoms with Crippen molar-refractivity contribution in [2.24, 2.45) is 0 Å². The van der Waals surface area contributed by atoms with Crippen molar-refractivity contribution < 1.29 is 9.15 Å². The van der Waals surface area contributed by atoms with Crippen LogP contribution in [0.15, 0.2) is 100 Å². The average Bonchev–Trinajstić information content (AvgIpc) is 3.55. The lowest BCUT2D eigenvalue weighted by molar-refractivity contribution is 0.377. The van der Waals surface area contributed by atoms with Crippen LogP contribution in [-0.4, -0.2) is 0 Å². The molecule has 142 valence electrons. The fourth-order valence-electron chi connectivity index (χ4n) is 3.47. The SMILES string of the molecule is O=c1cc(-c2ccccc2)oc(-c2ccc([C@@H]3O[C@H]3c3ccc(Cl)cc3)cc2)c1. The zero-order valence-corrected chi connectivity index (χ0v) is 16.2. The molecule has 0 amide bonds. The standard InChI is InChI=1S/C25H17ClO3/c26-20-12-10-19(11-13-20)25-24(29-25)18-8-6-17(7-9-18)23-15-21(27)14-22(28-23)16-4-2-1-3-5-16/h1-15,24-25H/t24-,25-/m0/s1. The van der Waals surface area contributed by atoms with Gasteiger partial charge in [0.2, 0.25) is 0 Å². The maximum atomic E-state index is 12.2. The van der Waals surface area contributed by atoms with Gasteiger partial charge in [-0.2, -0.15) is 0 Å². The zero-order chi connectivity index (χ0) is 19.8. The highest BCUT2D eigenvalue weighted by Crippen LogP contribution is 2.51. The van der Waals surface area contributed by atoms with E-state index in [2.05, 4.69) is 0 Å². The molecule has 0 bridgehead atoms. The summed E-state index contributed by atoms with van der Waals surface area (Å²) >= 11 is 5.96. The van der Waals surface area contributed by atoms with E-state index >= 15 is 0 Å². The van der Waals surface area contributed by atoms with Gasteiger partial charge in [-0.3, -0.25) is 4.79 Å². The molecule has 0 spiro atoms. The molecule has 1 fully saturated rings. The molecule has 1 aromatic heterocycles. The molecule has 3 aromatic carbocycles. The molecule has 4 aromatic rings. The van der Waals surface area contributed by atoms with Crippen LogP contribution >= 0.6 is 11.6 Å².